The van der Waals surface area contributed by atoms with Gasteiger partial charge in [0.05, 0.1) is 11.0 Å². The van der Waals surface area contributed by atoms with Crippen LogP contribution in [0.1, 0.15) is 38.5 Å². The van der Waals surface area contributed by atoms with E-state index in [0.717, 1.165) is 31.4 Å². The van der Waals surface area contributed by atoms with Crippen LogP contribution >= 0.6 is 0 Å². The van der Waals surface area contributed by atoms with Crippen molar-refractivity contribution in [1.82, 2.24) is 4.72 Å². The molecule has 0 amide bonds. The fraction of sp³-hybridized carbons (Fsp3) is 0.625. The Kier molecular flexibility index (Phi) is 6.67. The first kappa shape index (κ1) is 17.2. The van der Waals surface area contributed by atoms with Crippen molar-refractivity contribution < 1.29 is 17.9 Å². The minimum Gasteiger partial charge on any atom is -0.490 e. The molecule has 124 valence electrons. The van der Waals surface area contributed by atoms with Gasteiger partial charge in [-0.1, -0.05) is 0 Å². The number of hydrogen-bond donors (Lipinski definition) is 1. The number of unbranched alkanes of at least 4 members (excludes halogenated alkanes) is 1. The molecule has 0 spiro atoms. The highest BCUT2D eigenvalue weighted by atomic mass is 32.2. The lowest BCUT2D eigenvalue weighted by molar-refractivity contribution is 0.193. The molecule has 0 atom stereocenters. The molecule has 0 heterocycles. The van der Waals surface area contributed by atoms with E-state index < -0.39 is 10.0 Å². The Labute approximate surface area is 133 Å². The van der Waals surface area contributed by atoms with E-state index in [4.69, 9.17) is 9.47 Å². The number of benzene rings is 1. The number of rotatable bonds is 9. The van der Waals surface area contributed by atoms with Crippen LogP contribution in [0.2, 0.25) is 0 Å². The average molecular weight is 327 g/mol. The first-order chi connectivity index (χ1) is 10.6. The van der Waals surface area contributed by atoms with Crippen molar-refractivity contribution in [2.24, 2.45) is 0 Å². The van der Waals surface area contributed by atoms with Crippen LogP contribution < -0.4 is 9.46 Å². The maximum atomic E-state index is 12.1. The normalized spacial score (nSPS) is 16.0. The van der Waals surface area contributed by atoms with E-state index in [2.05, 4.69) is 4.72 Å². The third-order valence-corrected chi connectivity index (χ3v) is 5.28. The van der Waals surface area contributed by atoms with Crippen LogP contribution in [-0.4, -0.2) is 34.8 Å². The fourth-order valence-corrected chi connectivity index (χ4v) is 3.63. The average Bonchev–Trinajstić information content (AvgIpc) is 3.00. The fourth-order valence-electron chi connectivity index (χ4n) is 2.56. The van der Waals surface area contributed by atoms with Gasteiger partial charge in [-0.15, -0.1) is 0 Å². The zero-order valence-electron chi connectivity index (χ0n) is 13.1. The Morgan fingerprint density at radius 1 is 1.14 bits per heavy atom. The van der Waals surface area contributed by atoms with E-state index >= 15 is 0 Å². The van der Waals surface area contributed by atoms with Crippen molar-refractivity contribution in [1.29, 1.82) is 0 Å². The second kappa shape index (κ2) is 8.50. The molecule has 1 aromatic carbocycles. The largest absolute Gasteiger partial charge is 0.490 e. The van der Waals surface area contributed by atoms with Gasteiger partial charge in [0.25, 0.3) is 0 Å². The first-order valence-corrected chi connectivity index (χ1v) is 9.35. The van der Waals surface area contributed by atoms with Crippen molar-refractivity contribution in [2.45, 2.75) is 49.5 Å². The van der Waals surface area contributed by atoms with Crippen LogP contribution in [0.5, 0.6) is 5.75 Å². The van der Waals surface area contributed by atoms with E-state index in [1.807, 2.05) is 0 Å². The van der Waals surface area contributed by atoms with Crippen LogP contribution in [-0.2, 0) is 14.8 Å². The second-order valence-corrected chi connectivity index (χ2v) is 7.36. The third kappa shape index (κ3) is 5.26. The predicted molar refractivity (Wildman–Crippen MR) is 85.6 cm³/mol. The molecular weight excluding hydrogens is 302 g/mol. The molecule has 22 heavy (non-hydrogen) atoms. The van der Waals surface area contributed by atoms with E-state index in [-0.39, 0.29) is 11.0 Å². The van der Waals surface area contributed by atoms with E-state index in [1.54, 1.807) is 31.4 Å². The minimum atomic E-state index is -3.44. The second-order valence-electron chi connectivity index (χ2n) is 5.59. The molecule has 1 fully saturated rings. The Hall–Kier alpha value is -1.11. The van der Waals surface area contributed by atoms with Crippen molar-refractivity contribution in [3.8, 4) is 5.75 Å². The highest BCUT2D eigenvalue weighted by Crippen LogP contribution is 2.24. The summed E-state index contributed by atoms with van der Waals surface area (Å²) in [6.45, 7) is 1.07. The van der Waals surface area contributed by atoms with Gasteiger partial charge >= 0.3 is 0 Å². The Bertz CT molecular complexity index is 536. The van der Waals surface area contributed by atoms with E-state index in [0.29, 0.717) is 13.2 Å². The number of methoxy groups -OCH3 is 1. The molecule has 5 nitrogen and oxygen atoms in total. The van der Waals surface area contributed by atoms with Gasteiger partial charge in [0.15, 0.2) is 0 Å². The molecule has 0 unspecified atom stereocenters. The highest BCUT2D eigenvalue weighted by Gasteiger charge is 2.17. The predicted octanol–water partition coefficient (Wildman–Crippen LogP) is 2.71. The van der Waals surface area contributed by atoms with Crippen LogP contribution in [0, 0.1) is 0 Å². The number of nitrogens with one attached hydrogen (secondary N) is 1. The molecular formula is C16H25NO4S. The molecule has 0 bridgehead atoms. The summed E-state index contributed by atoms with van der Waals surface area (Å²) in [6, 6.07) is 6.67. The summed E-state index contributed by atoms with van der Waals surface area (Å²) in [6.07, 6.45) is 6.48. The molecule has 1 aliphatic rings. The van der Waals surface area contributed by atoms with Crippen molar-refractivity contribution in [3.63, 3.8) is 0 Å². The Balaban J connectivity index is 1.85. The zero-order chi connectivity index (χ0) is 15.8. The lowest BCUT2D eigenvalue weighted by Crippen LogP contribution is -2.25. The van der Waals surface area contributed by atoms with Gasteiger partial charge in [-0.25, -0.2) is 13.1 Å². The van der Waals surface area contributed by atoms with Crippen LogP contribution in [0.4, 0.5) is 0 Å². The van der Waals surface area contributed by atoms with Gasteiger partial charge in [-0.3, -0.25) is 0 Å². The molecule has 1 N–H and O–H groups in total. The molecule has 0 saturated heterocycles. The van der Waals surface area contributed by atoms with Gasteiger partial charge in [0.2, 0.25) is 10.0 Å². The van der Waals surface area contributed by atoms with Crippen LogP contribution in [0.15, 0.2) is 29.2 Å². The molecule has 0 aliphatic heterocycles. The topological polar surface area (TPSA) is 64.6 Å². The molecule has 6 heteroatoms. The first-order valence-electron chi connectivity index (χ1n) is 7.87. The zero-order valence-corrected chi connectivity index (χ0v) is 13.9. The Morgan fingerprint density at radius 2 is 1.82 bits per heavy atom. The lowest BCUT2D eigenvalue weighted by atomic mass is 10.3. The van der Waals surface area contributed by atoms with E-state index in [9.17, 15) is 8.42 Å². The van der Waals surface area contributed by atoms with Crippen molar-refractivity contribution >= 4 is 10.0 Å². The third-order valence-electron chi connectivity index (χ3n) is 3.81. The molecule has 1 saturated carbocycles. The van der Waals surface area contributed by atoms with Gasteiger partial charge in [0.1, 0.15) is 5.75 Å². The highest BCUT2D eigenvalue weighted by molar-refractivity contribution is 7.89. The summed E-state index contributed by atoms with van der Waals surface area (Å²) in [5, 5.41) is 0. The molecule has 1 aliphatic carbocycles. The molecule has 0 aromatic heterocycles. The Morgan fingerprint density at radius 3 is 2.45 bits per heavy atom. The standard InChI is InChI=1S/C16H25NO4S/c1-20-13-5-4-12-17-22(18,19)16-10-8-15(9-11-16)21-14-6-2-3-7-14/h8-11,14,17H,2-7,12-13H2,1H3. The monoisotopic (exact) mass is 327 g/mol. The molecule has 0 radical (unpaired) electrons. The summed E-state index contributed by atoms with van der Waals surface area (Å²) in [5.41, 5.74) is 0. The smallest absolute Gasteiger partial charge is 0.240 e. The molecule has 2 rings (SSSR count). The quantitative estimate of drug-likeness (QED) is 0.708. The van der Waals surface area contributed by atoms with Gasteiger partial charge in [0, 0.05) is 20.3 Å². The van der Waals surface area contributed by atoms with Gasteiger partial charge in [-0.05, 0) is 62.8 Å². The SMILES string of the molecule is COCCCCNS(=O)(=O)c1ccc(OC2CCCC2)cc1. The van der Waals surface area contributed by atoms with Gasteiger partial charge in [-0.2, -0.15) is 0 Å². The van der Waals surface area contributed by atoms with Crippen LogP contribution in [0.25, 0.3) is 0 Å². The maximum Gasteiger partial charge on any atom is 0.240 e. The minimum absolute atomic E-state index is 0.276. The van der Waals surface area contributed by atoms with Crippen molar-refractivity contribution in [3.05, 3.63) is 24.3 Å². The van der Waals surface area contributed by atoms with Gasteiger partial charge < -0.3 is 9.47 Å². The summed E-state index contributed by atoms with van der Waals surface area (Å²) >= 11 is 0. The number of sulfonamides is 1. The molecule has 1 aromatic rings. The van der Waals surface area contributed by atoms with E-state index in [1.165, 1.54) is 12.8 Å². The summed E-state index contributed by atoms with van der Waals surface area (Å²) in [4.78, 5) is 0.276. The maximum absolute atomic E-state index is 12.1. The lowest BCUT2D eigenvalue weighted by Gasteiger charge is -2.13. The van der Waals surface area contributed by atoms with Crippen LogP contribution in [0.3, 0.4) is 0 Å². The summed E-state index contributed by atoms with van der Waals surface area (Å²) in [5.74, 6) is 0.742. The summed E-state index contributed by atoms with van der Waals surface area (Å²) < 4.78 is 37.7. The number of hydrogen-bond acceptors (Lipinski definition) is 4. The van der Waals surface area contributed by atoms with Crippen molar-refractivity contribution in [2.75, 3.05) is 20.3 Å². The number of ether oxygens (including phenoxy) is 2. The summed E-state index contributed by atoms with van der Waals surface area (Å²) in [7, 11) is -1.80.